The van der Waals surface area contributed by atoms with Crippen molar-refractivity contribution in [2.75, 3.05) is 5.32 Å². The predicted molar refractivity (Wildman–Crippen MR) is 63.5 cm³/mol. The Kier molecular flexibility index (Phi) is 3.31. The van der Waals surface area contributed by atoms with Gasteiger partial charge in [-0.25, -0.2) is 4.98 Å². The van der Waals surface area contributed by atoms with E-state index in [0.717, 1.165) is 0 Å². The summed E-state index contributed by atoms with van der Waals surface area (Å²) in [5.41, 5.74) is 0.681. The Hall–Kier alpha value is -1.59. The highest BCUT2D eigenvalue weighted by Crippen LogP contribution is 2.18. The Bertz CT molecular complexity index is 568. The Morgan fingerprint density at radius 3 is 2.76 bits per heavy atom. The van der Waals surface area contributed by atoms with E-state index in [1.165, 1.54) is 18.4 Å². The first-order valence-corrected chi connectivity index (χ1v) is 5.37. The van der Waals surface area contributed by atoms with Crippen molar-refractivity contribution < 1.29 is 9.21 Å². The van der Waals surface area contributed by atoms with Gasteiger partial charge in [0.2, 0.25) is 0 Å². The SMILES string of the molecule is Cc1coc(NC(=O)c2nc(Cl)ccc2Cl)n1. The molecule has 5 nitrogen and oxygen atoms in total. The minimum absolute atomic E-state index is 0.0232. The summed E-state index contributed by atoms with van der Waals surface area (Å²) >= 11 is 11.5. The highest BCUT2D eigenvalue weighted by molar-refractivity contribution is 6.35. The van der Waals surface area contributed by atoms with Crippen molar-refractivity contribution in [3.8, 4) is 0 Å². The van der Waals surface area contributed by atoms with Crippen LogP contribution < -0.4 is 5.32 Å². The molecule has 1 amide bonds. The molecular weight excluding hydrogens is 265 g/mol. The summed E-state index contributed by atoms with van der Waals surface area (Å²) < 4.78 is 4.98. The Balaban J connectivity index is 2.22. The number of hydrogen-bond acceptors (Lipinski definition) is 4. The number of aromatic nitrogens is 2. The van der Waals surface area contributed by atoms with Crippen molar-refractivity contribution >= 4 is 35.1 Å². The van der Waals surface area contributed by atoms with Crippen molar-refractivity contribution in [1.82, 2.24) is 9.97 Å². The number of oxazole rings is 1. The van der Waals surface area contributed by atoms with Crippen molar-refractivity contribution in [2.45, 2.75) is 6.92 Å². The summed E-state index contributed by atoms with van der Waals surface area (Å²) in [5.74, 6) is -0.528. The van der Waals surface area contributed by atoms with Gasteiger partial charge >= 0.3 is 6.01 Å². The summed E-state index contributed by atoms with van der Waals surface area (Å²) in [6, 6.07) is 3.08. The van der Waals surface area contributed by atoms with Crippen molar-refractivity contribution in [3.05, 3.63) is 40.0 Å². The number of halogens is 2. The van der Waals surface area contributed by atoms with Crippen LogP contribution in [0.15, 0.2) is 22.8 Å². The molecule has 0 atom stereocenters. The lowest BCUT2D eigenvalue weighted by atomic mass is 10.3. The van der Waals surface area contributed by atoms with Crippen LogP contribution in [0.4, 0.5) is 6.01 Å². The summed E-state index contributed by atoms with van der Waals surface area (Å²) in [6.45, 7) is 1.74. The Morgan fingerprint density at radius 1 is 1.35 bits per heavy atom. The Morgan fingerprint density at radius 2 is 2.12 bits per heavy atom. The summed E-state index contributed by atoms with van der Waals surface area (Å²) in [7, 11) is 0. The second kappa shape index (κ2) is 4.73. The van der Waals surface area contributed by atoms with Crippen LogP contribution in [-0.4, -0.2) is 15.9 Å². The normalized spacial score (nSPS) is 10.3. The van der Waals surface area contributed by atoms with E-state index in [1.54, 1.807) is 6.92 Å². The quantitative estimate of drug-likeness (QED) is 0.853. The largest absolute Gasteiger partial charge is 0.432 e. The third kappa shape index (κ3) is 2.75. The predicted octanol–water partition coefficient (Wildman–Crippen LogP) is 2.94. The molecule has 0 aliphatic rings. The van der Waals surface area contributed by atoms with Gasteiger partial charge in [-0.15, -0.1) is 0 Å². The summed E-state index contributed by atoms with van der Waals surface area (Å²) in [4.78, 5) is 19.5. The van der Waals surface area contributed by atoms with Gasteiger partial charge in [0, 0.05) is 0 Å². The third-order valence-corrected chi connectivity index (χ3v) is 2.38. The second-order valence-corrected chi connectivity index (χ2v) is 4.01. The molecule has 0 saturated carbocycles. The molecule has 2 aromatic heterocycles. The fourth-order valence-electron chi connectivity index (χ4n) is 1.15. The molecule has 0 unspecified atom stereocenters. The van der Waals surface area contributed by atoms with Crippen molar-refractivity contribution in [1.29, 1.82) is 0 Å². The van der Waals surface area contributed by atoms with E-state index in [2.05, 4.69) is 15.3 Å². The fraction of sp³-hybridized carbons (Fsp3) is 0.100. The average Bonchev–Trinajstić information content (AvgIpc) is 2.67. The number of hydrogen-bond donors (Lipinski definition) is 1. The highest BCUT2D eigenvalue weighted by atomic mass is 35.5. The number of anilines is 1. The summed E-state index contributed by atoms with van der Waals surface area (Å²) in [6.07, 6.45) is 1.42. The number of nitrogens with one attached hydrogen (secondary N) is 1. The molecular formula is C10H7Cl2N3O2. The third-order valence-electron chi connectivity index (χ3n) is 1.87. The minimum atomic E-state index is -0.528. The molecule has 0 fully saturated rings. The molecule has 2 aromatic rings. The molecule has 7 heteroatoms. The monoisotopic (exact) mass is 271 g/mol. The van der Waals surface area contributed by atoms with Crippen LogP contribution in [0.1, 0.15) is 16.2 Å². The van der Waals surface area contributed by atoms with Gasteiger partial charge in [-0.05, 0) is 19.1 Å². The number of rotatable bonds is 2. The van der Waals surface area contributed by atoms with E-state index in [-0.39, 0.29) is 21.9 Å². The molecule has 17 heavy (non-hydrogen) atoms. The molecule has 0 aromatic carbocycles. The molecule has 2 heterocycles. The van der Waals surface area contributed by atoms with Gasteiger partial charge in [-0.1, -0.05) is 23.2 Å². The number of pyridine rings is 1. The lowest BCUT2D eigenvalue weighted by Crippen LogP contribution is -2.14. The van der Waals surface area contributed by atoms with E-state index in [1.807, 2.05) is 0 Å². The van der Waals surface area contributed by atoms with Gasteiger partial charge in [0.25, 0.3) is 5.91 Å². The summed E-state index contributed by atoms with van der Waals surface area (Å²) in [5, 5.41) is 2.81. The van der Waals surface area contributed by atoms with Crippen LogP contribution in [0.3, 0.4) is 0 Å². The van der Waals surface area contributed by atoms with E-state index < -0.39 is 5.91 Å². The number of amides is 1. The van der Waals surface area contributed by atoms with E-state index >= 15 is 0 Å². The lowest BCUT2D eigenvalue weighted by molar-refractivity contribution is 0.101. The van der Waals surface area contributed by atoms with Crippen LogP contribution in [0, 0.1) is 6.92 Å². The number of nitrogens with zero attached hydrogens (tertiary/aromatic N) is 2. The molecule has 0 aliphatic carbocycles. The zero-order valence-electron chi connectivity index (χ0n) is 8.70. The van der Waals surface area contributed by atoms with Gasteiger partial charge in [0.15, 0.2) is 0 Å². The first-order valence-electron chi connectivity index (χ1n) is 4.62. The van der Waals surface area contributed by atoms with Crippen molar-refractivity contribution in [3.63, 3.8) is 0 Å². The molecule has 2 rings (SSSR count). The average molecular weight is 272 g/mol. The highest BCUT2D eigenvalue weighted by Gasteiger charge is 2.15. The molecule has 88 valence electrons. The number of carbonyl (C=O) groups is 1. The maximum Gasteiger partial charge on any atom is 0.301 e. The van der Waals surface area contributed by atoms with E-state index in [9.17, 15) is 4.79 Å². The maximum atomic E-state index is 11.8. The zero-order valence-corrected chi connectivity index (χ0v) is 10.2. The number of aryl methyl sites for hydroxylation is 1. The number of carbonyl (C=O) groups excluding carboxylic acids is 1. The molecule has 0 radical (unpaired) electrons. The van der Waals surface area contributed by atoms with E-state index in [0.29, 0.717) is 5.69 Å². The van der Waals surface area contributed by atoms with E-state index in [4.69, 9.17) is 27.6 Å². The van der Waals surface area contributed by atoms with Gasteiger partial charge in [0.05, 0.1) is 10.7 Å². The van der Waals surface area contributed by atoms with Gasteiger partial charge in [-0.2, -0.15) is 4.98 Å². The van der Waals surface area contributed by atoms with Gasteiger partial charge < -0.3 is 4.42 Å². The first kappa shape index (κ1) is 11.9. The molecule has 0 spiro atoms. The molecule has 0 saturated heterocycles. The fourth-order valence-corrected chi connectivity index (χ4v) is 1.48. The van der Waals surface area contributed by atoms with Crippen molar-refractivity contribution in [2.24, 2.45) is 0 Å². The smallest absolute Gasteiger partial charge is 0.301 e. The van der Waals surface area contributed by atoms with Gasteiger partial charge in [-0.3, -0.25) is 10.1 Å². The van der Waals surface area contributed by atoms with Crippen LogP contribution in [0.2, 0.25) is 10.2 Å². The van der Waals surface area contributed by atoms with Gasteiger partial charge in [0.1, 0.15) is 17.1 Å². The molecule has 0 bridgehead atoms. The lowest BCUT2D eigenvalue weighted by Gasteiger charge is -2.02. The molecule has 0 aliphatic heterocycles. The second-order valence-electron chi connectivity index (χ2n) is 3.21. The maximum absolute atomic E-state index is 11.8. The minimum Gasteiger partial charge on any atom is -0.432 e. The molecule has 1 N–H and O–H groups in total. The van der Waals surface area contributed by atoms with Crippen LogP contribution >= 0.6 is 23.2 Å². The first-order chi connectivity index (χ1) is 8.06. The topological polar surface area (TPSA) is 68.0 Å². The Labute approximate surface area is 107 Å². The zero-order chi connectivity index (χ0) is 12.4. The van der Waals surface area contributed by atoms with Crippen LogP contribution in [-0.2, 0) is 0 Å². The van der Waals surface area contributed by atoms with Crippen LogP contribution in [0.5, 0.6) is 0 Å². The van der Waals surface area contributed by atoms with Crippen LogP contribution in [0.25, 0.3) is 0 Å². The standard InChI is InChI=1S/C10H7Cl2N3O2/c1-5-4-17-10(13-5)15-9(16)8-6(11)2-3-7(12)14-8/h2-4H,1H3,(H,13,15,16).